The summed E-state index contributed by atoms with van der Waals surface area (Å²) in [4.78, 5) is 0. The van der Waals surface area contributed by atoms with E-state index >= 15 is 0 Å². The first kappa shape index (κ1) is 15.3. The standard InChI is InChI=1S/C16H25NO3/c1-11-5-13(7-17)6-12(2)15(11)18-8-14-9-19-16(3,4)20-10-14/h5-6,14H,7-10,17H2,1-4H3. The first-order valence-electron chi connectivity index (χ1n) is 7.12. The Bertz CT molecular complexity index is 438. The summed E-state index contributed by atoms with van der Waals surface area (Å²) in [7, 11) is 0. The molecule has 2 rings (SSSR count). The monoisotopic (exact) mass is 279 g/mol. The molecule has 1 saturated heterocycles. The van der Waals surface area contributed by atoms with Crippen molar-refractivity contribution in [2.24, 2.45) is 11.7 Å². The summed E-state index contributed by atoms with van der Waals surface area (Å²) < 4.78 is 17.3. The van der Waals surface area contributed by atoms with E-state index in [9.17, 15) is 0 Å². The van der Waals surface area contributed by atoms with Gasteiger partial charge in [-0.25, -0.2) is 0 Å². The van der Waals surface area contributed by atoms with E-state index in [0.29, 0.717) is 26.4 Å². The van der Waals surface area contributed by atoms with Crippen molar-refractivity contribution in [2.45, 2.75) is 40.0 Å². The van der Waals surface area contributed by atoms with Crippen LogP contribution in [0.1, 0.15) is 30.5 Å². The van der Waals surface area contributed by atoms with E-state index in [1.54, 1.807) is 0 Å². The van der Waals surface area contributed by atoms with Crippen LogP contribution in [-0.2, 0) is 16.0 Å². The van der Waals surface area contributed by atoms with Crippen molar-refractivity contribution in [3.8, 4) is 5.75 Å². The topological polar surface area (TPSA) is 53.7 Å². The maximum Gasteiger partial charge on any atom is 0.162 e. The fraction of sp³-hybridized carbons (Fsp3) is 0.625. The van der Waals surface area contributed by atoms with Crippen LogP contribution in [0.25, 0.3) is 0 Å². The van der Waals surface area contributed by atoms with E-state index in [1.807, 2.05) is 13.8 Å². The summed E-state index contributed by atoms with van der Waals surface area (Å²) in [5, 5.41) is 0. The van der Waals surface area contributed by atoms with E-state index in [-0.39, 0.29) is 5.92 Å². The van der Waals surface area contributed by atoms with Crippen LogP contribution in [0, 0.1) is 19.8 Å². The summed E-state index contributed by atoms with van der Waals surface area (Å²) in [6, 6.07) is 4.17. The Balaban J connectivity index is 1.95. The Labute approximate surface area is 121 Å². The lowest BCUT2D eigenvalue weighted by Crippen LogP contribution is -2.41. The van der Waals surface area contributed by atoms with Crippen molar-refractivity contribution in [1.82, 2.24) is 0 Å². The van der Waals surface area contributed by atoms with Crippen LogP contribution in [-0.4, -0.2) is 25.6 Å². The maximum atomic E-state index is 5.97. The third kappa shape index (κ3) is 3.72. The minimum absolute atomic E-state index is 0.274. The highest BCUT2D eigenvalue weighted by Gasteiger charge is 2.28. The molecule has 1 fully saturated rings. The SMILES string of the molecule is Cc1cc(CN)cc(C)c1OCC1COC(C)(C)OC1. The predicted molar refractivity (Wildman–Crippen MR) is 78.8 cm³/mol. The molecule has 0 aromatic heterocycles. The molecular formula is C16H25NO3. The van der Waals surface area contributed by atoms with Crippen molar-refractivity contribution in [3.05, 3.63) is 28.8 Å². The van der Waals surface area contributed by atoms with Gasteiger partial charge in [-0.3, -0.25) is 0 Å². The van der Waals surface area contributed by atoms with E-state index in [4.69, 9.17) is 19.9 Å². The number of ether oxygens (including phenoxy) is 3. The molecule has 4 nitrogen and oxygen atoms in total. The Morgan fingerprint density at radius 2 is 1.75 bits per heavy atom. The summed E-state index contributed by atoms with van der Waals surface area (Å²) in [6.07, 6.45) is 0. The fourth-order valence-corrected chi connectivity index (χ4v) is 2.41. The Morgan fingerprint density at radius 1 is 1.20 bits per heavy atom. The average Bonchev–Trinajstić information content (AvgIpc) is 2.39. The molecular weight excluding hydrogens is 254 g/mol. The van der Waals surface area contributed by atoms with Crippen molar-refractivity contribution in [2.75, 3.05) is 19.8 Å². The fourth-order valence-electron chi connectivity index (χ4n) is 2.41. The molecule has 2 N–H and O–H groups in total. The Kier molecular flexibility index (Phi) is 4.68. The molecule has 0 bridgehead atoms. The van der Waals surface area contributed by atoms with Gasteiger partial charge in [-0.1, -0.05) is 12.1 Å². The molecule has 0 unspecified atom stereocenters. The van der Waals surface area contributed by atoms with Crippen LogP contribution in [0.15, 0.2) is 12.1 Å². The van der Waals surface area contributed by atoms with Gasteiger partial charge in [0.2, 0.25) is 0 Å². The molecule has 0 atom stereocenters. The van der Waals surface area contributed by atoms with Gasteiger partial charge < -0.3 is 19.9 Å². The lowest BCUT2D eigenvalue weighted by Gasteiger charge is -2.34. The summed E-state index contributed by atoms with van der Waals surface area (Å²) in [6.45, 7) is 10.5. The highest BCUT2D eigenvalue weighted by molar-refractivity contribution is 5.43. The van der Waals surface area contributed by atoms with Gasteiger partial charge in [0.05, 0.1) is 19.8 Å². The number of benzene rings is 1. The molecule has 0 radical (unpaired) electrons. The van der Waals surface area contributed by atoms with Crippen LogP contribution in [0.2, 0.25) is 0 Å². The summed E-state index contributed by atoms with van der Waals surface area (Å²) >= 11 is 0. The number of aryl methyl sites for hydroxylation is 2. The largest absolute Gasteiger partial charge is 0.493 e. The summed E-state index contributed by atoms with van der Waals surface area (Å²) in [5.74, 6) is 0.758. The maximum absolute atomic E-state index is 5.97. The van der Waals surface area contributed by atoms with Crippen LogP contribution < -0.4 is 10.5 Å². The highest BCUT2D eigenvalue weighted by atomic mass is 16.7. The molecule has 4 heteroatoms. The Morgan fingerprint density at radius 3 is 2.25 bits per heavy atom. The lowest BCUT2D eigenvalue weighted by atomic mass is 10.1. The number of hydrogen-bond acceptors (Lipinski definition) is 4. The smallest absolute Gasteiger partial charge is 0.162 e. The second kappa shape index (κ2) is 6.12. The van der Waals surface area contributed by atoms with Gasteiger partial charge in [-0.05, 0) is 44.4 Å². The van der Waals surface area contributed by atoms with Crippen LogP contribution in [0.3, 0.4) is 0 Å². The third-order valence-electron chi connectivity index (χ3n) is 3.55. The number of nitrogens with two attached hydrogens (primary N) is 1. The van der Waals surface area contributed by atoms with Crippen LogP contribution in [0.5, 0.6) is 5.75 Å². The average molecular weight is 279 g/mol. The molecule has 0 saturated carbocycles. The Hall–Kier alpha value is -1.10. The number of rotatable bonds is 4. The molecule has 0 amide bonds. The van der Waals surface area contributed by atoms with Crippen LogP contribution in [0.4, 0.5) is 0 Å². The van der Waals surface area contributed by atoms with Gasteiger partial charge >= 0.3 is 0 Å². The molecule has 1 aliphatic heterocycles. The van der Waals surface area contributed by atoms with Crippen molar-refractivity contribution in [1.29, 1.82) is 0 Å². The highest BCUT2D eigenvalue weighted by Crippen LogP contribution is 2.26. The third-order valence-corrected chi connectivity index (χ3v) is 3.55. The van der Waals surface area contributed by atoms with Gasteiger partial charge in [-0.2, -0.15) is 0 Å². The van der Waals surface area contributed by atoms with Crippen LogP contribution >= 0.6 is 0 Å². The molecule has 20 heavy (non-hydrogen) atoms. The van der Waals surface area contributed by atoms with Gasteiger partial charge in [0, 0.05) is 12.5 Å². The van der Waals surface area contributed by atoms with E-state index < -0.39 is 5.79 Å². The predicted octanol–water partition coefficient (Wildman–Crippen LogP) is 2.54. The molecule has 1 aliphatic rings. The quantitative estimate of drug-likeness (QED) is 0.920. The first-order chi connectivity index (χ1) is 9.41. The molecule has 0 aliphatic carbocycles. The van der Waals surface area contributed by atoms with Gasteiger partial charge in [0.25, 0.3) is 0 Å². The second-order valence-corrected chi connectivity index (χ2v) is 5.96. The molecule has 1 aromatic carbocycles. The molecule has 112 valence electrons. The zero-order chi connectivity index (χ0) is 14.8. The van der Waals surface area contributed by atoms with Crippen molar-refractivity contribution in [3.63, 3.8) is 0 Å². The molecule has 0 spiro atoms. The number of hydrogen-bond donors (Lipinski definition) is 1. The summed E-state index contributed by atoms with van der Waals surface area (Å²) in [5.41, 5.74) is 9.07. The zero-order valence-electron chi connectivity index (χ0n) is 12.9. The normalized spacial score (nSPS) is 19.1. The van der Waals surface area contributed by atoms with Crippen molar-refractivity contribution >= 4 is 0 Å². The van der Waals surface area contributed by atoms with E-state index in [0.717, 1.165) is 22.4 Å². The minimum Gasteiger partial charge on any atom is -0.493 e. The minimum atomic E-state index is -0.467. The van der Waals surface area contributed by atoms with Gasteiger partial charge in [0.15, 0.2) is 5.79 Å². The van der Waals surface area contributed by atoms with Gasteiger partial charge in [-0.15, -0.1) is 0 Å². The van der Waals surface area contributed by atoms with Crippen molar-refractivity contribution < 1.29 is 14.2 Å². The first-order valence-corrected chi connectivity index (χ1v) is 7.12. The lowest BCUT2D eigenvalue weighted by molar-refractivity contribution is -0.264. The molecule has 1 aromatic rings. The van der Waals surface area contributed by atoms with E-state index in [1.165, 1.54) is 0 Å². The second-order valence-electron chi connectivity index (χ2n) is 5.96. The van der Waals surface area contributed by atoms with E-state index in [2.05, 4.69) is 26.0 Å². The zero-order valence-corrected chi connectivity index (χ0v) is 12.9. The van der Waals surface area contributed by atoms with Gasteiger partial charge in [0.1, 0.15) is 5.75 Å². The molecule has 1 heterocycles.